The van der Waals surface area contributed by atoms with Gasteiger partial charge in [-0.3, -0.25) is 14.5 Å². The predicted molar refractivity (Wildman–Crippen MR) is 82.4 cm³/mol. The number of halogens is 1. The SMILES string of the molecule is CC(C(=O)NC1CC1)N1CCN(C(=O)C2CNC2)CC1.Cl. The van der Waals surface area contributed by atoms with Gasteiger partial charge < -0.3 is 15.5 Å². The van der Waals surface area contributed by atoms with Gasteiger partial charge in [-0.1, -0.05) is 0 Å². The molecule has 2 aliphatic heterocycles. The van der Waals surface area contributed by atoms with Gasteiger partial charge in [-0.05, 0) is 19.8 Å². The molecule has 120 valence electrons. The lowest BCUT2D eigenvalue weighted by molar-refractivity contribution is -0.139. The smallest absolute Gasteiger partial charge is 0.237 e. The van der Waals surface area contributed by atoms with Crippen LogP contribution in [-0.4, -0.2) is 73.0 Å². The van der Waals surface area contributed by atoms with E-state index in [-0.39, 0.29) is 36.2 Å². The van der Waals surface area contributed by atoms with E-state index in [0.717, 1.165) is 52.1 Å². The van der Waals surface area contributed by atoms with Crippen molar-refractivity contribution in [2.75, 3.05) is 39.3 Å². The quantitative estimate of drug-likeness (QED) is 0.730. The van der Waals surface area contributed by atoms with Gasteiger partial charge in [-0.2, -0.15) is 0 Å². The minimum atomic E-state index is -0.0850. The second-order valence-corrected chi connectivity index (χ2v) is 6.18. The molecule has 0 bridgehead atoms. The number of carbonyl (C=O) groups is 2. The third kappa shape index (κ3) is 3.87. The van der Waals surface area contributed by atoms with Crippen LogP contribution in [0.15, 0.2) is 0 Å². The molecule has 3 aliphatic rings. The summed E-state index contributed by atoms with van der Waals surface area (Å²) in [6.07, 6.45) is 2.24. The topological polar surface area (TPSA) is 64.7 Å². The van der Waals surface area contributed by atoms with Crippen LogP contribution in [0.2, 0.25) is 0 Å². The van der Waals surface area contributed by atoms with Crippen LogP contribution < -0.4 is 10.6 Å². The summed E-state index contributed by atoms with van der Waals surface area (Å²) in [4.78, 5) is 28.3. The Labute approximate surface area is 132 Å². The first kappa shape index (κ1) is 16.5. The average molecular weight is 317 g/mol. The molecular formula is C14H25ClN4O2. The summed E-state index contributed by atoms with van der Waals surface area (Å²) in [5, 5.41) is 6.19. The molecule has 0 radical (unpaired) electrons. The van der Waals surface area contributed by atoms with E-state index in [1.807, 2.05) is 11.8 Å². The molecule has 1 unspecified atom stereocenters. The van der Waals surface area contributed by atoms with Crippen molar-refractivity contribution in [1.29, 1.82) is 0 Å². The molecule has 21 heavy (non-hydrogen) atoms. The Morgan fingerprint density at radius 2 is 1.76 bits per heavy atom. The van der Waals surface area contributed by atoms with Crippen LogP contribution in [0.3, 0.4) is 0 Å². The maximum absolute atomic E-state index is 12.1. The van der Waals surface area contributed by atoms with Crippen LogP contribution in [0.1, 0.15) is 19.8 Å². The monoisotopic (exact) mass is 316 g/mol. The van der Waals surface area contributed by atoms with Gasteiger partial charge in [-0.25, -0.2) is 0 Å². The fraction of sp³-hybridized carbons (Fsp3) is 0.857. The van der Waals surface area contributed by atoms with E-state index in [4.69, 9.17) is 0 Å². The van der Waals surface area contributed by atoms with Crippen LogP contribution >= 0.6 is 12.4 Å². The largest absolute Gasteiger partial charge is 0.352 e. The molecule has 2 heterocycles. The van der Waals surface area contributed by atoms with E-state index in [1.165, 1.54) is 0 Å². The molecule has 0 spiro atoms. The number of nitrogens with one attached hydrogen (secondary N) is 2. The highest BCUT2D eigenvalue weighted by atomic mass is 35.5. The van der Waals surface area contributed by atoms with Crippen molar-refractivity contribution in [2.24, 2.45) is 5.92 Å². The van der Waals surface area contributed by atoms with Crippen molar-refractivity contribution >= 4 is 24.2 Å². The number of carbonyl (C=O) groups excluding carboxylic acids is 2. The van der Waals surface area contributed by atoms with Crippen molar-refractivity contribution < 1.29 is 9.59 Å². The zero-order valence-corrected chi connectivity index (χ0v) is 13.3. The van der Waals surface area contributed by atoms with Crippen LogP contribution in [0, 0.1) is 5.92 Å². The molecule has 1 saturated carbocycles. The molecule has 0 aromatic carbocycles. The Morgan fingerprint density at radius 3 is 2.24 bits per heavy atom. The Morgan fingerprint density at radius 1 is 1.14 bits per heavy atom. The first-order valence-electron chi connectivity index (χ1n) is 7.69. The summed E-state index contributed by atoms with van der Waals surface area (Å²) in [7, 11) is 0. The summed E-state index contributed by atoms with van der Waals surface area (Å²) >= 11 is 0. The zero-order valence-electron chi connectivity index (χ0n) is 12.5. The highest BCUT2D eigenvalue weighted by molar-refractivity contribution is 5.85. The van der Waals surface area contributed by atoms with Gasteiger partial charge in [0.25, 0.3) is 0 Å². The van der Waals surface area contributed by atoms with Gasteiger partial charge >= 0.3 is 0 Å². The summed E-state index contributed by atoms with van der Waals surface area (Å²) in [6, 6.07) is 0.331. The molecule has 7 heteroatoms. The van der Waals surface area contributed by atoms with Gasteiger partial charge in [0.1, 0.15) is 0 Å². The molecule has 2 N–H and O–H groups in total. The van der Waals surface area contributed by atoms with Crippen molar-refractivity contribution in [3.05, 3.63) is 0 Å². The summed E-state index contributed by atoms with van der Waals surface area (Å²) in [6.45, 7) is 6.69. The molecule has 6 nitrogen and oxygen atoms in total. The maximum atomic E-state index is 12.1. The summed E-state index contributed by atoms with van der Waals surface area (Å²) in [5.41, 5.74) is 0. The summed E-state index contributed by atoms with van der Waals surface area (Å²) < 4.78 is 0. The van der Waals surface area contributed by atoms with Crippen LogP contribution in [0.5, 0.6) is 0 Å². The summed E-state index contributed by atoms with van der Waals surface area (Å²) in [5.74, 6) is 0.589. The standard InChI is InChI=1S/C14H24N4O2.ClH/c1-10(13(19)16-12-2-3-12)17-4-6-18(7-5-17)14(20)11-8-15-9-11;/h10-12,15H,2-9H2,1H3,(H,16,19);1H. The van der Waals surface area contributed by atoms with Crippen LogP contribution in [0.25, 0.3) is 0 Å². The third-order valence-corrected chi connectivity index (χ3v) is 4.61. The minimum absolute atomic E-state index is 0. The molecule has 0 aromatic rings. The highest BCUT2D eigenvalue weighted by Crippen LogP contribution is 2.19. The molecule has 1 aliphatic carbocycles. The number of hydrogen-bond acceptors (Lipinski definition) is 4. The Hall–Kier alpha value is -0.850. The molecule has 0 aromatic heterocycles. The maximum Gasteiger partial charge on any atom is 0.237 e. The second kappa shape index (κ2) is 6.94. The lowest BCUT2D eigenvalue weighted by Crippen LogP contribution is -2.59. The molecule has 2 saturated heterocycles. The van der Waals surface area contributed by atoms with Crippen molar-refractivity contribution in [1.82, 2.24) is 20.4 Å². The Bertz CT molecular complexity index is 390. The molecular weight excluding hydrogens is 292 g/mol. The predicted octanol–water partition coefficient (Wildman–Crippen LogP) is -0.561. The van der Waals surface area contributed by atoms with E-state index >= 15 is 0 Å². The van der Waals surface area contributed by atoms with Gasteiger partial charge in [0, 0.05) is 45.3 Å². The van der Waals surface area contributed by atoms with E-state index in [2.05, 4.69) is 15.5 Å². The van der Waals surface area contributed by atoms with E-state index in [0.29, 0.717) is 6.04 Å². The third-order valence-electron chi connectivity index (χ3n) is 4.61. The van der Waals surface area contributed by atoms with Crippen LogP contribution in [0.4, 0.5) is 0 Å². The van der Waals surface area contributed by atoms with Crippen molar-refractivity contribution in [2.45, 2.75) is 31.8 Å². The number of amides is 2. The zero-order chi connectivity index (χ0) is 14.1. The van der Waals surface area contributed by atoms with Gasteiger partial charge in [0.2, 0.25) is 11.8 Å². The van der Waals surface area contributed by atoms with Crippen LogP contribution in [-0.2, 0) is 9.59 Å². The van der Waals surface area contributed by atoms with Gasteiger partial charge in [-0.15, -0.1) is 12.4 Å². The van der Waals surface area contributed by atoms with E-state index < -0.39 is 0 Å². The minimum Gasteiger partial charge on any atom is -0.352 e. The molecule has 3 rings (SSSR count). The Balaban J connectivity index is 0.00000161. The van der Waals surface area contributed by atoms with E-state index in [1.54, 1.807) is 0 Å². The first-order chi connectivity index (χ1) is 9.65. The average Bonchev–Trinajstić information content (AvgIpc) is 3.20. The lowest BCUT2D eigenvalue weighted by atomic mass is 10.0. The number of piperazine rings is 1. The first-order valence-corrected chi connectivity index (χ1v) is 7.69. The van der Waals surface area contributed by atoms with Crippen molar-refractivity contribution in [3.63, 3.8) is 0 Å². The molecule has 2 amide bonds. The molecule has 1 atom stereocenters. The van der Waals surface area contributed by atoms with Gasteiger partial charge in [0.05, 0.1) is 12.0 Å². The second-order valence-electron chi connectivity index (χ2n) is 6.18. The molecule has 3 fully saturated rings. The normalized spacial score (nSPS) is 24.7. The number of hydrogen-bond donors (Lipinski definition) is 2. The van der Waals surface area contributed by atoms with Crippen molar-refractivity contribution in [3.8, 4) is 0 Å². The van der Waals surface area contributed by atoms with E-state index in [9.17, 15) is 9.59 Å². The lowest BCUT2D eigenvalue weighted by Gasteiger charge is -2.40. The fourth-order valence-corrected chi connectivity index (χ4v) is 2.77. The highest BCUT2D eigenvalue weighted by Gasteiger charge is 2.33. The number of nitrogens with zero attached hydrogens (tertiary/aromatic N) is 2. The van der Waals surface area contributed by atoms with Gasteiger partial charge in [0.15, 0.2) is 0 Å². The Kier molecular flexibility index (Phi) is 5.46. The fourth-order valence-electron chi connectivity index (χ4n) is 2.77. The number of rotatable bonds is 4.